The molecule has 3 N–H and O–H groups in total. The number of thioether (sulfide) groups is 1. The Bertz CT molecular complexity index is 130. The lowest BCUT2D eigenvalue weighted by Gasteiger charge is -2.04. The number of hydrogen-bond donors (Lipinski definition) is 2. The number of rotatable bonds is 7. The van der Waals surface area contributed by atoms with Gasteiger partial charge in [0, 0.05) is 0 Å². The van der Waals surface area contributed by atoms with E-state index in [1.54, 1.807) is 0 Å². The molecule has 0 saturated carbocycles. The van der Waals surface area contributed by atoms with E-state index in [-0.39, 0.29) is 0 Å². The van der Waals surface area contributed by atoms with E-state index in [4.69, 9.17) is 10.8 Å². The molecule has 0 aromatic heterocycles. The molecular weight excluding hydrogens is 174 g/mol. The van der Waals surface area contributed by atoms with Gasteiger partial charge in [-0.1, -0.05) is 13.3 Å². The van der Waals surface area contributed by atoms with Gasteiger partial charge in [0.15, 0.2) is 0 Å². The molecule has 0 fully saturated rings. The topological polar surface area (TPSA) is 63.3 Å². The van der Waals surface area contributed by atoms with Gasteiger partial charge in [0.1, 0.15) is 6.04 Å². The molecule has 0 spiro atoms. The SMILES string of the molecule is CCSCCCCC(N)C(=O)O. The summed E-state index contributed by atoms with van der Waals surface area (Å²) in [6, 6.07) is -0.670. The Kier molecular flexibility index (Phi) is 7.29. The van der Waals surface area contributed by atoms with Crippen molar-refractivity contribution in [1.82, 2.24) is 0 Å². The number of nitrogens with two attached hydrogens (primary N) is 1. The first-order valence-electron chi connectivity index (χ1n) is 4.24. The fraction of sp³-hybridized carbons (Fsp3) is 0.875. The molecule has 0 amide bonds. The van der Waals surface area contributed by atoms with E-state index in [1.165, 1.54) is 0 Å². The molecule has 0 rings (SSSR count). The van der Waals surface area contributed by atoms with E-state index in [1.807, 2.05) is 11.8 Å². The number of unbranched alkanes of at least 4 members (excludes halogenated alkanes) is 1. The Morgan fingerprint density at radius 1 is 1.58 bits per heavy atom. The van der Waals surface area contributed by atoms with Crippen molar-refractivity contribution >= 4 is 17.7 Å². The lowest BCUT2D eigenvalue weighted by atomic mass is 10.1. The van der Waals surface area contributed by atoms with Crippen molar-refractivity contribution in [3.63, 3.8) is 0 Å². The molecule has 0 heterocycles. The summed E-state index contributed by atoms with van der Waals surface area (Å²) in [6.45, 7) is 2.12. The third kappa shape index (κ3) is 6.49. The van der Waals surface area contributed by atoms with Gasteiger partial charge in [0.2, 0.25) is 0 Å². The summed E-state index contributed by atoms with van der Waals surface area (Å²) in [5.74, 6) is 1.35. The molecule has 0 radical (unpaired) electrons. The molecule has 0 aromatic rings. The van der Waals surface area contributed by atoms with E-state index in [0.29, 0.717) is 6.42 Å². The molecule has 0 aliphatic carbocycles. The van der Waals surface area contributed by atoms with Gasteiger partial charge in [-0.05, 0) is 24.3 Å². The van der Waals surface area contributed by atoms with Crippen LogP contribution >= 0.6 is 11.8 Å². The minimum absolute atomic E-state index is 0.597. The molecule has 12 heavy (non-hydrogen) atoms. The maximum Gasteiger partial charge on any atom is 0.320 e. The minimum Gasteiger partial charge on any atom is -0.480 e. The van der Waals surface area contributed by atoms with E-state index >= 15 is 0 Å². The highest BCUT2D eigenvalue weighted by Crippen LogP contribution is 2.06. The van der Waals surface area contributed by atoms with Crippen molar-refractivity contribution in [3.8, 4) is 0 Å². The predicted octanol–water partition coefficient (Wildman–Crippen LogP) is 1.32. The Morgan fingerprint density at radius 3 is 2.75 bits per heavy atom. The molecular formula is C8H17NO2S. The van der Waals surface area contributed by atoms with Crippen molar-refractivity contribution in [1.29, 1.82) is 0 Å². The summed E-state index contributed by atoms with van der Waals surface area (Å²) >= 11 is 1.88. The van der Waals surface area contributed by atoms with E-state index < -0.39 is 12.0 Å². The highest BCUT2D eigenvalue weighted by atomic mass is 32.2. The van der Waals surface area contributed by atoms with Gasteiger partial charge in [-0.2, -0.15) is 11.8 Å². The van der Waals surface area contributed by atoms with Gasteiger partial charge in [0.05, 0.1) is 0 Å². The van der Waals surface area contributed by atoms with Crippen LogP contribution in [0.3, 0.4) is 0 Å². The highest BCUT2D eigenvalue weighted by molar-refractivity contribution is 7.99. The number of hydrogen-bond acceptors (Lipinski definition) is 3. The molecule has 3 nitrogen and oxygen atoms in total. The van der Waals surface area contributed by atoms with Gasteiger partial charge < -0.3 is 10.8 Å². The second-order valence-electron chi connectivity index (χ2n) is 2.64. The minimum atomic E-state index is -0.891. The number of carboxylic acids is 1. The summed E-state index contributed by atoms with van der Waals surface area (Å²) in [4.78, 5) is 10.3. The first-order valence-corrected chi connectivity index (χ1v) is 5.40. The lowest BCUT2D eigenvalue weighted by Crippen LogP contribution is -2.29. The molecule has 1 unspecified atom stereocenters. The van der Waals surface area contributed by atoms with Crippen LogP contribution in [0.5, 0.6) is 0 Å². The Balaban J connectivity index is 3.14. The van der Waals surface area contributed by atoms with Crippen LogP contribution in [-0.4, -0.2) is 28.6 Å². The number of carbonyl (C=O) groups is 1. The molecule has 0 aliphatic rings. The number of aliphatic carboxylic acids is 1. The number of carboxylic acid groups (broad SMARTS) is 1. The smallest absolute Gasteiger partial charge is 0.320 e. The first-order chi connectivity index (χ1) is 5.68. The van der Waals surface area contributed by atoms with Crippen molar-refractivity contribution < 1.29 is 9.90 Å². The zero-order chi connectivity index (χ0) is 9.40. The summed E-state index contributed by atoms with van der Waals surface area (Å²) in [7, 11) is 0. The predicted molar refractivity (Wildman–Crippen MR) is 52.5 cm³/mol. The summed E-state index contributed by atoms with van der Waals surface area (Å²) in [5, 5.41) is 8.45. The van der Waals surface area contributed by atoms with Gasteiger partial charge in [-0.25, -0.2) is 0 Å². The Labute approximate surface area is 77.7 Å². The molecule has 72 valence electrons. The monoisotopic (exact) mass is 191 g/mol. The summed E-state index contributed by atoms with van der Waals surface area (Å²) < 4.78 is 0. The fourth-order valence-corrected chi connectivity index (χ4v) is 1.53. The molecule has 0 aromatic carbocycles. The second-order valence-corrected chi connectivity index (χ2v) is 4.03. The van der Waals surface area contributed by atoms with Gasteiger partial charge in [-0.3, -0.25) is 4.79 Å². The Hall–Kier alpha value is -0.220. The van der Waals surface area contributed by atoms with Crippen molar-refractivity contribution in [2.24, 2.45) is 5.73 Å². The van der Waals surface area contributed by atoms with Crippen molar-refractivity contribution in [2.45, 2.75) is 32.2 Å². The average Bonchev–Trinajstić information content (AvgIpc) is 2.03. The summed E-state index contributed by atoms with van der Waals surface area (Å²) in [5.41, 5.74) is 5.32. The fourth-order valence-electron chi connectivity index (χ4n) is 0.836. The van der Waals surface area contributed by atoms with Crippen LogP contribution in [0.25, 0.3) is 0 Å². The highest BCUT2D eigenvalue weighted by Gasteiger charge is 2.09. The molecule has 4 heteroatoms. The van der Waals surface area contributed by atoms with Crippen LogP contribution in [0.4, 0.5) is 0 Å². The van der Waals surface area contributed by atoms with Gasteiger partial charge in [-0.15, -0.1) is 0 Å². The van der Waals surface area contributed by atoms with Crippen molar-refractivity contribution in [3.05, 3.63) is 0 Å². The van der Waals surface area contributed by atoms with Crippen LogP contribution < -0.4 is 5.73 Å². The third-order valence-electron chi connectivity index (χ3n) is 1.58. The molecule has 0 saturated heterocycles. The van der Waals surface area contributed by atoms with Crippen LogP contribution in [0.2, 0.25) is 0 Å². The zero-order valence-corrected chi connectivity index (χ0v) is 8.27. The van der Waals surface area contributed by atoms with Crippen molar-refractivity contribution in [2.75, 3.05) is 11.5 Å². The normalized spacial score (nSPS) is 12.8. The molecule has 0 aliphatic heterocycles. The molecule has 1 atom stereocenters. The Morgan fingerprint density at radius 2 is 2.25 bits per heavy atom. The van der Waals surface area contributed by atoms with Crippen LogP contribution in [0, 0.1) is 0 Å². The quantitative estimate of drug-likeness (QED) is 0.596. The maximum absolute atomic E-state index is 10.3. The van der Waals surface area contributed by atoms with Crippen LogP contribution in [-0.2, 0) is 4.79 Å². The van der Waals surface area contributed by atoms with Gasteiger partial charge >= 0.3 is 5.97 Å². The average molecular weight is 191 g/mol. The zero-order valence-electron chi connectivity index (χ0n) is 7.45. The van der Waals surface area contributed by atoms with Crippen LogP contribution in [0.15, 0.2) is 0 Å². The van der Waals surface area contributed by atoms with E-state index in [2.05, 4.69) is 6.92 Å². The maximum atomic E-state index is 10.3. The van der Waals surface area contributed by atoms with Gasteiger partial charge in [0.25, 0.3) is 0 Å². The lowest BCUT2D eigenvalue weighted by molar-refractivity contribution is -0.138. The van der Waals surface area contributed by atoms with Crippen LogP contribution in [0.1, 0.15) is 26.2 Å². The van der Waals surface area contributed by atoms with E-state index in [0.717, 1.165) is 24.3 Å². The van der Waals surface area contributed by atoms with E-state index in [9.17, 15) is 4.79 Å². The standard InChI is InChI=1S/C8H17NO2S/c1-2-12-6-4-3-5-7(9)8(10)11/h7H,2-6,9H2,1H3,(H,10,11). The second kappa shape index (κ2) is 7.43. The first kappa shape index (κ1) is 11.8. The summed E-state index contributed by atoms with van der Waals surface area (Å²) in [6.07, 6.45) is 2.58. The largest absolute Gasteiger partial charge is 0.480 e. The molecule has 0 bridgehead atoms. The third-order valence-corrected chi connectivity index (χ3v) is 2.56.